The van der Waals surface area contributed by atoms with Crippen molar-refractivity contribution in [3.8, 4) is 6.07 Å². The van der Waals surface area contributed by atoms with E-state index in [-0.39, 0.29) is 11.9 Å². The van der Waals surface area contributed by atoms with Crippen molar-refractivity contribution < 1.29 is 4.39 Å². The molecule has 0 spiro atoms. The highest BCUT2D eigenvalue weighted by Gasteiger charge is 2.24. The summed E-state index contributed by atoms with van der Waals surface area (Å²) < 4.78 is 13.9. The molecule has 1 atom stereocenters. The summed E-state index contributed by atoms with van der Waals surface area (Å²) in [5.74, 6) is -0.194. The number of rotatable bonds is 3. The molecule has 3 rings (SSSR count). The van der Waals surface area contributed by atoms with Crippen LogP contribution in [0.3, 0.4) is 0 Å². The lowest BCUT2D eigenvalue weighted by Gasteiger charge is -2.20. The second kappa shape index (κ2) is 6.02. The van der Waals surface area contributed by atoms with Crippen molar-refractivity contribution in [2.24, 2.45) is 0 Å². The van der Waals surface area contributed by atoms with Crippen molar-refractivity contribution in [2.45, 2.75) is 19.4 Å². The third-order valence-electron chi connectivity index (χ3n) is 3.90. The zero-order chi connectivity index (χ0) is 15.5. The van der Waals surface area contributed by atoms with E-state index in [1.54, 1.807) is 18.3 Å². The average Bonchev–Trinajstić information content (AvgIpc) is 2.96. The molecule has 0 amide bonds. The third-order valence-corrected chi connectivity index (χ3v) is 3.90. The van der Waals surface area contributed by atoms with Crippen LogP contribution in [0.4, 0.5) is 15.8 Å². The first kappa shape index (κ1) is 14.3. The minimum Gasteiger partial charge on any atom is -0.379 e. The van der Waals surface area contributed by atoms with Gasteiger partial charge in [0, 0.05) is 31.0 Å². The van der Waals surface area contributed by atoms with E-state index >= 15 is 0 Å². The number of aryl methyl sites for hydroxylation is 1. The summed E-state index contributed by atoms with van der Waals surface area (Å²) in [6, 6.07) is 11.0. The Balaban J connectivity index is 1.73. The number of anilines is 2. The smallest absolute Gasteiger partial charge is 0.146 e. The molecule has 1 N–H and O–H groups in total. The zero-order valence-corrected chi connectivity index (χ0v) is 12.4. The van der Waals surface area contributed by atoms with E-state index in [0.717, 1.165) is 24.3 Å². The van der Waals surface area contributed by atoms with Crippen LogP contribution in [0.2, 0.25) is 0 Å². The lowest BCUT2D eigenvalue weighted by atomic mass is 10.2. The van der Waals surface area contributed by atoms with Crippen molar-refractivity contribution in [1.29, 1.82) is 5.26 Å². The van der Waals surface area contributed by atoms with Gasteiger partial charge in [0.1, 0.15) is 11.9 Å². The number of nitrogens with one attached hydrogen (secondary N) is 1. The van der Waals surface area contributed by atoms with Gasteiger partial charge in [-0.05, 0) is 31.5 Å². The Hall–Kier alpha value is -2.61. The Morgan fingerprint density at radius 2 is 2.23 bits per heavy atom. The molecule has 1 aromatic carbocycles. The van der Waals surface area contributed by atoms with Crippen LogP contribution >= 0.6 is 0 Å². The molecule has 4 nitrogen and oxygen atoms in total. The number of nitrogens with zero attached hydrogens (tertiary/aromatic N) is 3. The van der Waals surface area contributed by atoms with E-state index in [1.165, 1.54) is 6.07 Å². The van der Waals surface area contributed by atoms with Gasteiger partial charge in [-0.1, -0.05) is 12.1 Å². The largest absolute Gasteiger partial charge is 0.379 e. The van der Waals surface area contributed by atoms with Gasteiger partial charge in [-0.2, -0.15) is 5.26 Å². The topological polar surface area (TPSA) is 52.0 Å². The maximum atomic E-state index is 13.9. The standard InChI is InChI=1S/C17H17FN4/c1-12-8-16(13(9-19)10-20-12)21-14-6-7-22(11-14)17-5-3-2-4-15(17)18/h2-5,8,10,14H,6-7,11H2,1H3,(H,20,21). The summed E-state index contributed by atoms with van der Waals surface area (Å²) in [6.45, 7) is 3.41. The molecule has 2 aromatic rings. The van der Waals surface area contributed by atoms with Crippen LogP contribution in [0.25, 0.3) is 0 Å². The molecule has 5 heteroatoms. The zero-order valence-electron chi connectivity index (χ0n) is 12.4. The Kier molecular flexibility index (Phi) is 3.92. The van der Waals surface area contributed by atoms with Crippen molar-refractivity contribution >= 4 is 11.4 Å². The van der Waals surface area contributed by atoms with Gasteiger partial charge in [0.05, 0.1) is 16.9 Å². The summed E-state index contributed by atoms with van der Waals surface area (Å²) >= 11 is 0. The first-order valence-corrected chi connectivity index (χ1v) is 7.30. The van der Waals surface area contributed by atoms with E-state index < -0.39 is 0 Å². The molecule has 0 aliphatic carbocycles. The maximum absolute atomic E-state index is 13.9. The van der Waals surface area contributed by atoms with E-state index in [1.807, 2.05) is 24.0 Å². The fourth-order valence-corrected chi connectivity index (χ4v) is 2.79. The highest BCUT2D eigenvalue weighted by molar-refractivity contribution is 5.58. The van der Waals surface area contributed by atoms with Gasteiger partial charge in [0.15, 0.2) is 0 Å². The van der Waals surface area contributed by atoms with Gasteiger partial charge in [0.25, 0.3) is 0 Å². The maximum Gasteiger partial charge on any atom is 0.146 e. The van der Waals surface area contributed by atoms with Crippen LogP contribution in [0.15, 0.2) is 36.5 Å². The highest BCUT2D eigenvalue weighted by Crippen LogP contribution is 2.25. The van der Waals surface area contributed by atoms with Gasteiger partial charge < -0.3 is 10.2 Å². The van der Waals surface area contributed by atoms with Crippen LogP contribution in [-0.2, 0) is 0 Å². The average molecular weight is 296 g/mol. The summed E-state index contributed by atoms with van der Waals surface area (Å²) in [5, 5.41) is 12.6. The minimum atomic E-state index is -0.194. The second-order valence-electron chi connectivity index (χ2n) is 5.51. The third kappa shape index (κ3) is 2.86. The molecule has 1 aliphatic rings. The van der Waals surface area contributed by atoms with E-state index in [2.05, 4.69) is 16.4 Å². The molecule has 1 fully saturated rings. The lowest BCUT2D eigenvalue weighted by molar-refractivity contribution is 0.623. The number of hydrogen-bond donors (Lipinski definition) is 1. The first-order valence-electron chi connectivity index (χ1n) is 7.30. The van der Waals surface area contributed by atoms with Crippen molar-refractivity contribution in [2.75, 3.05) is 23.3 Å². The minimum absolute atomic E-state index is 0.188. The monoisotopic (exact) mass is 296 g/mol. The Morgan fingerprint density at radius 3 is 3.00 bits per heavy atom. The fourth-order valence-electron chi connectivity index (χ4n) is 2.79. The molecule has 1 aliphatic heterocycles. The molecule has 22 heavy (non-hydrogen) atoms. The van der Waals surface area contributed by atoms with Crippen molar-refractivity contribution in [1.82, 2.24) is 4.98 Å². The first-order chi connectivity index (χ1) is 10.7. The van der Waals surface area contributed by atoms with Gasteiger partial charge in [0.2, 0.25) is 0 Å². The number of benzene rings is 1. The van der Waals surface area contributed by atoms with Gasteiger partial charge in [-0.25, -0.2) is 4.39 Å². The predicted molar refractivity (Wildman–Crippen MR) is 84.3 cm³/mol. The van der Waals surface area contributed by atoms with E-state index in [4.69, 9.17) is 5.26 Å². The Morgan fingerprint density at radius 1 is 1.41 bits per heavy atom. The van der Waals surface area contributed by atoms with Gasteiger partial charge in [-0.15, -0.1) is 0 Å². The highest BCUT2D eigenvalue weighted by atomic mass is 19.1. The van der Waals surface area contributed by atoms with Crippen LogP contribution in [0, 0.1) is 24.1 Å². The van der Waals surface area contributed by atoms with Gasteiger partial charge in [-0.3, -0.25) is 4.98 Å². The van der Waals surface area contributed by atoms with E-state index in [9.17, 15) is 4.39 Å². The predicted octanol–water partition coefficient (Wildman–Crippen LogP) is 3.09. The molecule has 1 unspecified atom stereocenters. The van der Waals surface area contributed by atoms with Crippen LogP contribution in [-0.4, -0.2) is 24.1 Å². The molecule has 0 bridgehead atoms. The molecular weight excluding hydrogens is 279 g/mol. The summed E-state index contributed by atoms with van der Waals surface area (Å²) in [5.41, 5.74) is 2.84. The Bertz CT molecular complexity index is 723. The van der Waals surface area contributed by atoms with Crippen molar-refractivity contribution in [3.63, 3.8) is 0 Å². The Labute approximate surface area is 129 Å². The SMILES string of the molecule is Cc1cc(NC2CCN(c3ccccc3F)C2)c(C#N)cn1. The molecular formula is C17H17FN4. The summed E-state index contributed by atoms with van der Waals surface area (Å²) in [6.07, 6.45) is 2.49. The molecule has 2 heterocycles. The van der Waals surface area contributed by atoms with Crippen LogP contribution in [0.5, 0.6) is 0 Å². The number of hydrogen-bond acceptors (Lipinski definition) is 4. The number of nitriles is 1. The number of pyridine rings is 1. The molecule has 0 radical (unpaired) electrons. The molecule has 1 aromatic heterocycles. The number of aromatic nitrogens is 1. The van der Waals surface area contributed by atoms with Gasteiger partial charge >= 0.3 is 0 Å². The molecule has 112 valence electrons. The summed E-state index contributed by atoms with van der Waals surface area (Å²) in [4.78, 5) is 6.17. The quantitative estimate of drug-likeness (QED) is 0.945. The molecule has 1 saturated heterocycles. The second-order valence-corrected chi connectivity index (χ2v) is 5.51. The lowest BCUT2D eigenvalue weighted by Crippen LogP contribution is -2.26. The fraction of sp³-hybridized carbons (Fsp3) is 0.294. The normalized spacial score (nSPS) is 17.3. The van der Waals surface area contributed by atoms with Crippen molar-refractivity contribution in [3.05, 3.63) is 53.6 Å². The number of halogens is 1. The summed E-state index contributed by atoms with van der Waals surface area (Å²) in [7, 11) is 0. The van der Waals surface area contributed by atoms with Crippen LogP contribution in [0.1, 0.15) is 17.7 Å². The van der Waals surface area contributed by atoms with Crippen LogP contribution < -0.4 is 10.2 Å². The van der Waals surface area contributed by atoms with E-state index in [0.29, 0.717) is 17.8 Å². The number of para-hydroxylation sites is 1. The molecule has 0 saturated carbocycles.